The molecule has 37 heavy (non-hydrogen) atoms. The molecule has 0 atom stereocenters. The zero-order chi connectivity index (χ0) is 25.8. The van der Waals surface area contributed by atoms with Gasteiger partial charge in [-0.2, -0.15) is 18.3 Å². The number of amides is 1. The monoisotopic (exact) mass is 502 g/mol. The van der Waals surface area contributed by atoms with Crippen molar-refractivity contribution in [1.82, 2.24) is 24.7 Å². The first-order chi connectivity index (χ1) is 17.9. The molecule has 0 saturated carbocycles. The van der Waals surface area contributed by atoms with E-state index in [0.29, 0.717) is 17.2 Å². The van der Waals surface area contributed by atoms with Crippen molar-refractivity contribution in [3.05, 3.63) is 109 Å². The third-order valence-corrected chi connectivity index (χ3v) is 5.16. The first-order valence-electron chi connectivity index (χ1n) is 10.9. The normalized spacial score (nSPS) is 11.2. The maximum atomic E-state index is 13.7. The first-order valence-corrected chi connectivity index (χ1v) is 10.9. The number of halogens is 3. The molecule has 4 heterocycles. The van der Waals surface area contributed by atoms with E-state index in [-0.39, 0.29) is 22.8 Å². The maximum Gasteiger partial charge on any atom is 0.433 e. The molecule has 0 saturated heterocycles. The van der Waals surface area contributed by atoms with Crippen LogP contribution in [-0.2, 0) is 6.18 Å². The lowest BCUT2D eigenvalue weighted by Gasteiger charge is -2.10. The number of carbonyl (C=O) groups excluding carboxylic acids is 1. The maximum absolute atomic E-state index is 13.7. The summed E-state index contributed by atoms with van der Waals surface area (Å²) in [7, 11) is 0. The minimum absolute atomic E-state index is 0.0737. The summed E-state index contributed by atoms with van der Waals surface area (Å²) in [4.78, 5) is 24.7. The van der Waals surface area contributed by atoms with Crippen molar-refractivity contribution in [2.45, 2.75) is 6.18 Å². The van der Waals surface area contributed by atoms with Gasteiger partial charge in [-0.05, 0) is 48.5 Å². The fourth-order valence-electron chi connectivity index (χ4n) is 3.39. The van der Waals surface area contributed by atoms with Crippen LogP contribution in [0.1, 0.15) is 16.1 Å². The van der Waals surface area contributed by atoms with Gasteiger partial charge in [-0.3, -0.25) is 9.78 Å². The predicted octanol–water partition coefficient (Wildman–Crippen LogP) is 5.79. The minimum Gasteiger partial charge on any atom is -0.439 e. The molecule has 0 unspecified atom stereocenters. The summed E-state index contributed by atoms with van der Waals surface area (Å²) in [5, 5.41) is 6.69. The van der Waals surface area contributed by atoms with Crippen LogP contribution >= 0.6 is 0 Å². The van der Waals surface area contributed by atoms with Crippen LogP contribution in [0.5, 0.6) is 11.6 Å². The Balaban J connectivity index is 1.31. The number of hydrogen-bond acceptors (Lipinski definition) is 6. The van der Waals surface area contributed by atoms with Crippen molar-refractivity contribution in [2.24, 2.45) is 0 Å². The number of pyridine rings is 3. The van der Waals surface area contributed by atoms with Gasteiger partial charge in [0.05, 0.1) is 23.1 Å². The number of anilines is 1. The zero-order valence-corrected chi connectivity index (χ0v) is 18.9. The third kappa shape index (κ3) is 5.45. The quantitative estimate of drug-likeness (QED) is 0.316. The topological polar surface area (TPSA) is 94.8 Å². The fraction of sp³-hybridized carbons (Fsp3) is 0.0385. The summed E-state index contributed by atoms with van der Waals surface area (Å²) in [6.45, 7) is 0. The number of nitrogens with zero attached hydrogens (tertiary/aromatic N) is 5. The van der Waals surface area contributed by atoms with E-state index >= 15 is 0 Å². The molecule has 0 spiro atoms. The Hall–Kier alpha value is -5.06. The number of nitrogens with one attached hydrogen (secondary N) is 1. The second-order valence-electron chi connectivity index (χ2n) is 7.72. The van der Waals surface area contributed by atoms with Gasteiger partial charge in [-0.15, -0.1) is 0 Å². The number of carbonyl (C=O) groups is 1. The van der Waals surface area contributed by atoms with Crippen LogP contribution in [-0.4, -0.2) is 30.6 Å². The predicted molar refractivity (Wildman–Crippen MR) is 128 cm³/mol. The molecule has 0 bridgehead atoms. The Kier molecular flexibility index (Phi) is 6.33. The molecule has 11 heteroatoms. The van der Waals surface area contributed by atoms with Crippen LogP contribution in [0.25, 0.3) is 16.9 Å². The highest BCUT2D eigenvalue weighted by molar-refractivity contribution is 6.03. The van der Waals surface area contributed by atoms with E-state index in [1.165, 1.54) is 43.0 Å². The van der Waals surface area contributed by atoms with Crippen LogP contribution in [0.3, 0.4) is 0 Å². The number of benzene rings is 1. The molecule has 4 aromatic heterocycles. The number of ether oxygens (including phenoxy) is 1. The van der Waals surface area contributed by atoms with Gasteiger partial charge in [-0.1, -0.05) is 18.2 Å². The second-order valence-corrected chi connectivity index (χ2v) is 7.72. The van der Waals surface area contributed by atoms with E-state index in [9.17, 15) is 18.0 Å². The van der Waals surface area contributed by atoms with Crippen LogP contribution in [0, 0.1) is 0 Å². The van der Waals surface area contributed by atoms with Gasteiger partial charge in [0.1, 0.15) is 17.3 Å². The van der Waals surface area contributed by atoms with E-state index in [2.05, 4.69) is 25.4 Å². The molecular formula is C26H17F3N6O2. The molecule has 8 nitrogen and oxygen atoms in total. The Morgan fingerprint density at radius 1 is 0.892 bits per heavy atom. The molecule has 184 valence electrons. The SMILES string of the molecule is O=C(Nc1ccc(-n2nc(-c3cccnc3)cc2C(F)(F)F)cn1)c1ccc(Oc2ccccc2)nc1. The average molecular weight is 502 g/mol. The molecule has 0 aliphatic carbocycles. The van der Waals surface area contributed by atoms with Gasteiger partial charge in [0.2, 0.25) is 5.88 Å². The van der Waals surface area contributed by atoms with Gasteiger partial charge >= 0.3 is 6.18 Å². The summed E-state index contributed by atoms with van der Waals surface area (Å²) in [6.07, 6.45) is 0.842. The number of alkyl halides is 3. The van der Waals surface area contributed by atoms with Crippen LogP contribution < -0.4 is 10.1 Å². The largest absolute Gasteiger partial charge is 0.439 e. The lowest BCUT2D eigenvalue weighted by Crippen LogP contribution is -2.15. The molecular weight excluding hydrogens is 485 g/mol. The molecule has 5 rings (SSSR count). The number of hydrogen-bond donors (Lipinski definition) is 1. The van der Waals surface area contributed by atoms with Crippen molar-refractivity contribution in [3.63, 3.8) is 0 Å². The zero-order valence-electron chi connectivity index (χ0n) is 18.9. The Morgan fingerprint density at radius 2 is 1.73 bits per heavy atom. The second kappa shape index (κ2) is 9.90. The average Bonchev–Trinajstić information content (AvgIpc) is 3.37. The number of rotatable bonds is 6. The summed E-state index contributed by atoms with van der Waals surface area (Å²) < 4.78 is 47.4. The summed E-state index contributed by atoms with van der Waals surface area (Å²) in [5.74, 6) is 0.574. The highest BCUT2D eigenvalue weighted by Crippen LogP contribution is 2.34. The van der Waals surface area contributed by atoms with Crippen LogP contribution in [0.15, 0.2) is 97.6 Å². The Bertz CT molecular complexity index is 1500. The lowest BCUT2D eigenvalue weighted by molar-refractivity contribution is -0.142. The van der Waals surface area contributed by atoms with Crippen molar-refractivity contribution in [1.29, 1.82) is 0 Å². The van der Waals surface area contributed by atoms with Gasteiger partial charge in [-0.25, -0.2) is 14.6 Å². The van der Waals surface area contributed by atoms with E-state index in [1.807, 2.05) is 18.2 Å². The van der Waals surface area contributed by atoms with Crippen LogP contribution in [0.2, 0.25) is 0 Å². The van der Waals surface area contributed by atoms with E-state index < -0.39 is 17.8 Å². The smallest absolute Gasteiger partial charge is 0.433 e. The van der Waals surface area contributed by atoms with Crippen molar-refractivity contribution >= 4 is 11.7 Å². The summed E-state index contributed by atoms with van der Waals surface area (Å²) >= 11 is 0. The molecule has 1 N–H and O–H groups in total. The third-order valence-electron chi connectivity index (χ3n) is 5.16. The standard InChI is InChI=1S/C26H17F3N6O2/c27-26(28,29)22-13-21(17-5-4-12-30-14-17)34-35(22)19-9-10-23(31-16-19)33-25(36)18-8-11-24(32-15-18)37-20-6-2-1-3-7-20/h1-16H,(H,31,33,36). The van der Waals surface area contributed by atoms with Crippen molar-refractivity contribution in [2.75, 3.05) is 5.32 Å². The lowest BCUT2D eigenvalue weighted by atomic mass is 10.2. The molecule has 0 aliphatic rings. The highest BCUT2D eigenvalue weighted by atomic mass is 19.4. The van der Waals surface area contributed by atoms with Gasteiger partial charge in [0.15, 0.2) is 0 Å². The molecule has 5 aromatic rings. The Morgan fingerprint density at radius 3 is 2.38 bits per heavy atom. The molecule has 0 aliphatic heterocycles. The van der Waals surface area contributed by atoms with Crippen molar-refractivity contribution in [3.8, 4) is 28.6 Å². The highest BCUT2D eigenvalue weighted by Gasteiger charge is 2.36. The molecule has 0 fully saturated rings. The van der Waals surface area contributed by atoms with Gasteiger partial charge in [0.25, 0.3) is 5.91 Å². The molecule has 0 radical (unpaired) electrons. The van der Waals surface area contributed by atoms with E-state index in [4.69, 9.17) is 4.74 Å². The first kappa shape index (κ1) is 23.7. The summed E-state index contributed by atoms with van der Waals surface area (Å²) in [5.41, 5.74) is -0.0837. The van der Waals surface area contributed by atoms with Gasteiger partial charge in [0, 0.05) is 30.2 Å². The number of para-hydroxylation sites is 1. The van der Waals surface area contributed by atoms with Crippen molar-refractivity contribution < 1.29 is 22.7 Å². The molecule has 1 amide bonds. The van der Waals surface area contributed by atoms with Crippen LogP contribution in [0.4, 0.5) is 19.0 Å². The van der Waals surface area contributed by atoms with Gasteiger partial charge < -0.3 is 10.1 Å². The Labute approximate surface area is 208 Å². The van der Waals surface area contributed by atoms with E-state index in [0.717, 1.165) is 10.7 Å². The number of aromatic nitrogens is 5. The minimum atomic E-state index is -4.65. The fourth-order valence-corrected chi connectivity index (χ4v) is 3.39. The van der Waals surface area contributed by atoms with E-state index in [1.54, 1.807) is 30.3 Å². The summed E-state index contributed by atoms with van der Waals surface area (Å²) in [6, 6.07) is 19.1. The molecule has 1 aromatic carbocycles.